The molecule has 0 bridgehead atoms. The fourth-order valence-corrected chi connectivity index (χ4v) is 4.40. The first-order valence-corrected chi connectivity index (χ1v) is 10.4. The van der Waals surface area contributed by atoms with Gasteiger partial charge in [-0.25, -0.2) is 0 Å². The molecule has 0 amide bonds. The molecular formula is C26H30N2. The summed E-state index contributed by atoms with van der Waals surface area (Å²) in [6.45, 7) is 5.55. The molecule has 1 N–H and O–H groups in total. The molecule has 1 heterocycles. The summed E-state index contributed by atoms with van der Waals surface area (Å²) in [6, 6.07) is 33.5. The van der Waals surface area contributed by atoms with Gasteiger partial charge in [0.15, 0.2) is 0 Å². The summed E-state index contributed by atoms with van der Waals surface area (Å²) < 4.78 is 0. The van der Waals surface area contributed by atoms with Gasteiger partial charge >= 0.3 is 0 Å². The molecule has 0 spiro atoms. The Hall–Kier alpha value is -2.42. The molecule has 0 aromatic heterocycles. The van der Waals surface area contributed by atoms with Gasteiger partial charge in [0.05, 0.1) is 0 Å². The summed E-state index contributed by atoms with van der Waals surface area (Å²) in [6.07, 6.45) is 1.17. The van der Waals surface area contributed by atoms with Crippen molar-refractivity contribution in [3.05, 3.63) is 108 Å². The van der Waals surface area contributed by atoms with Gasteiger partial charge in [-0.15, -0.1) is 0 Å². The highest BCUT2D eigenvalue weighted by atomic mass is 15.2. The van der Waals surface area contributed by atoms with E-state index in [-0.39, 0.29) is 0 Å². The zero-order valence-electron chi connectivity index (χ0n) is 16.7. The molecule has 0 unspecified atom stereocenters. The third-order valence-corrected chi connectivity index (χ3v) is 5.94. The van der Waals surface area contributed by atoms with Crippen molar-refractivity contribution < 1.29 is 0 Å². The minimum atomic E-state index is 0.359. The first kappa shape index (κ1) is 18.9. The summed E-state index contributed by atoms with van der Waals surface area (Å²) in [5.41, 5.74) is 4.21. The number of nitrogens with zero attached hydrogens (tertiary/aromatic N) is 1. The second-order valence-electron chi connectivity index (χ2n) is 7.93. The summed E-state index contributed by atoms with van der Waals surface area (Å²) in [4.78, 5) is 2.61. The largest absolute Gasteiger partial charge is 0.307 e. The smallest absolute Gasteiger partial charge is 0.0294 e. The molecule has 2 nitrogen and oxygen atoms in total. The summed E-state index contributed by atoms with van der Waals surface area (Å²) in [5, 5.41) is 3.94. The Morgan fingerprint density at radius 1 is 0.857 bits per heavy atom. The van der Waals surface area contributed by atoms with Gasteiger partial charge in [0.2, 0.25) is 0 Å². The van der Waals surface area contributed by atoms with E-state index >= 15 is 0 Å². The van der Waals surface area contributed by atoms with Crippen molar-refractivity contribution in [2.45, 2.75) is 37.9 Å². The van der Waals surface area contributed by atoms with Crippen LogP contribution in [0, 0.1) is 0 Å². The summed E-state index contributed by atoms with van der Waals surface area (Å²) >= 11 is 0. The molecule has 1 aliphatic rings. The average Bonchev–Trinajstić information content (AvgIpc) is 2.77. The molecule has 0 saturated carbocycles. The second kappa shape index (κ2) is 9.18. The standard InChI is InChI=1S/C26H30N2/c1-21(23-13-7-3-8-14-23)27-26-17-18-28(19-22-11-5-2-6-12-22)20-25(26)24-15-9-4-10-16-24/h2-16,21,25-27H,17-20H2,1H3/t21-,25-,26+/m1/s1. The van der Waals surface area contributed by atoms with E-state index in [1.54, 1.807) is 0 Å². The van der Waals surface area contributed by atoms with Gasteiger partial charge in [-0.1, -0.05) is 91.0 Å². The van der Waals surface area contributed by atoms with Crippen molar-refractivity contribution in [2.24, 2.45) is 0 Å². The van der Waals surface area contributed by atoms with Crippen molar-refractivity contribution in [1.29, 1.82) is 0 Å². The van der Waals surface area contributed by atoms with Gasteiger partial charge in [-0.3, -0.25) is 4.90 Å². The van der Waals surface area contributed by atoms with Gasteiger partial charge in [-0.05, 0) is 30.0 Å². The second-order valence-corrected chi connectivity index (χ2v) is 7.93. The van der Waals surface area contributed by atoms with E-state index in [2.05, 4.69) is 108 Å². The number of rotatable bonds is 6. The maximum absolute atomic E-state index is 3.94. The molecule has 28 heavy (non-hydrogen) atoms. The lowest BCUT2D eigenvalue weighted by molar-refractivity contribution is 0.162. The number of piperidine rings is 1. The minimum absolute atomic E-state index is 0.359. The van der Waals surface area contributed by atoms with Gasteiger partial charge < -0.3 is 5.32 Å². The third kappa shape index (κ3) is 4.70. The molecule has 4 rings (SSSR count). The van der Waals surface area contributed by atoms with E-state index in [1.807, 2.05) is 0 Å². The Morgan fingerprint density at radius 3 is 2.14 bits per heavy atom. The predicted molar refractivity (Wildman–Crippen MR) is 117 cm³/mol. The van der Waals surface area contributed by atoms with Crippen LogP contribution in [0.1, 0.15) is 42.0 Å². The van der Waals surface area contributed by atoms with Crippen LogP contribution in [-0.4, -0.2) is 24.0 Å². The van der Waals surface area contributed by atoms with Gasteiger partial charge in [0.25, 0.3) is 0 Å². The van der Waals surface area contributed by atoms with Crippen LogP contribution in [0.25, 0.3) is 0 Å². The number of likely N-dealkylation sites (tertiary alicyclic amines) is 1. The Morgan fingerprint density at radius 2 is 1.46 bits per heavy atom. The van der Waals surface area contributed by atoms with Crippen molar-refractivity contribution >= 4 is 0 Å². The monoisotopic (exact) mass is 370 g/mol. The van der Waals surface area contributed by atoms with Crippen LogP contribution in [0.2, 0.25) is 0 Å². The summed E-state index contributed by atoms with van der Waals surface area (Å²) in [5.74, 6) is 0.504. The summed E-state index contributed by atoms with van der Waals surface area (Å²) in [7, 11) is 0. The first-order valence-electron chi connectivity index (χ1n) is 10.4. The van der Waals surface area contributed by atoms with Crippen LogP contribution in [0.3, 0.4) is 0 Å². The van der Waals surface area contributed by atoms with Crippen LogP contribution >= 0.6 is 0 Å². The van der Waals surface area contributed by atoms with Crippen molar-refractivity contribution in [2.75, 3.05) is 13.1 Å². The number of benzene rings is 3. The predicted octanol–water partition coefficient (Wildman–Crippen LogP) is 5.40. The van der Waals surface area contributed by atoms with Crippen LogP contribution < -0.4 is 5.32 Å². The highest BCUT2D eigenvalue weighted by Gasteiger charge is 2.31. The zero-order chi connectivity index (χ0) is 19.2. The molecule has 3 atom stereocenters. The Labute approximate surface area is 169 Å². The fraction of sp³-hybridized carbons (Fsp3) is 0.308. The maximum atomic E-state index is 3.94. The van der Waals surface area contributed by atoms with Crippen molar-refractivity contribution in [3.8, 4) is 0 Å². The Kier molecular flexibility index (Phi) is 6.20. The number of hydrogen-bond donors (Lipinski definition) is 1. The van der Waals surface area contributed by atoms with Crippen LogP contribution in [0.4, 0.5) is 0 Å². The fourth-order valence-electron chi connectivity index (χ4n) is 4.40. The Balaban J connectivity index is 1.50. The molecule has 1 aliphatic heterocycles. The zero-order valence-corrected chi connectivity index (χ0v) is 16.7. The highest BCUT2D eigenvalue weighted by Crippen LogP contribution is 2.30. The molecule has 0 radical (unpaired) electrons. The molecule has 1 fully saturated rings. The molecule has 1 saturated heterocycles. The molecule has 144 valence electrons. The van der Waals surface area contributed by atoms with Gasteiger partial charge in [0, 0.05) is 37.6 Å². The lowest BCUT2D eigenvalue weighted by Crippen LogP contribution is -2.48. The van der Waals surface area contributed by atoms with Gasteiger partial charge in [0.1, 0.15) is 0 Å². The Bertz CT molecular complexity index is 832. The van der Waals surface area contributed by atoms with E-state index in [1.165, 1.54) is 23.1 Å². The molecule has 0 aliphatic carbocycles. The molecular weight excluding hydrogens is 340 g/mol. The quantitative estimate of drug-likeness (QED) is 0.625. The highest BCUT2D eigenvalue weighted by molar-refractivity contribution is 5.24. The van der Waals surface area contributed by atoms with Crippen molar-refractivity contribution in [1.82, 2.24) is 10.2 Å². The first-order chi connectivity index (χ1) is 13.8. The lowest BCUT2D eigenvalue weighted by Gasteiger charge is -2.40. The molecule has 3 aromatic rings. The van der Waals surface area contributed by atoms with E-state index in [0.29, 0.717) is 18.0 Å². The van der Waals surface area contributed by atoms with E-state index in [9.17, 15) is 0 Å². The van der Waals surface area contributed by atoms with Crippen LogP contribution in [0.15, 0.2) is 91.0 Å². The minimum Gasteiger partial charge on any atom is -0.307 e. The van der Waals surface area contributed by atoms with E-state index < -0.39 is 0 Å². The average molecular weight is 371 g/mol. The van der Waals surface area contributed by atoms with E-state index in [0.717, 1.165) is 19.6 Å². The van der Waals surface area contributed by atoms with Crippen LogP contribution in [-0.2, 0) is 6.54 Å². The van der Waals surface area contributed by atoms with Crippen molar-refractivity contribution in [3.63, 3.8) is 0 Å². The maximum Gasteiger partial charge on any atom is 0.0294 e. The third-order valence-electron chi connectivity index (χ3n) is 5.94. The van der Waals surface area contributed by atoms with Crippen LogP contribution in [0.5, 0.6) is 0 Å². The number of hydrogen-bond acceptors (Lipinski definition) is 2. The van der Waals surface area contributed by atoms with E-state index in [4.69, 9.17) is 0 Å². The number of nitrogens with one attached hydrogen (secondary N) is 1. The molecule has 2 heteroatoms. The molecule has 3 aromatic carbocycles. The lowest BCUT2D eigenvalue weighted by atomic mass is 9.85. The SMILES string of the molecule is C[C@@H](N[C@H]1CCN(Cc2ccccc2)C[C@@H]1c1ccccc1)c1ccccc1. The van der Waals surface area contributed by atoms with Gasteiger partial charge in [-0.2, -0.15) is 0 Å². The normalized spacial score (nSPS) is 21.3. The topological polar surface area (TPSA) is 15.3 Å².